The van der Waals surface area contributed by atoms with Crippen molar-refractivity contribution in [1.29, 1.82) is 5.26 Å². The number of amides is 4. The summed E-state index contributed by atoms with van der Waals surface area (Å²) in [4.78, 5) is 52.6. The van der Waals surface area contributed by atoms with Crippen molar-refractivity contribution >= 4 is 23.6 Å². The first kappa shape index (κ1) is 26.8. The topological polar surface area (TPSA) is 131 Å². The highest BCUT2D eigenvalue weighted by atomic mass is 19.4. The van der Waals surface area contributed by atoms with Crippen molar-refractivity contribution in [2.45, 2.75) is 101 Å². The Hall–Kier alpha value is -2.84. The van der Waals surface area contributed by atoms with Gasteiger partial charge in [-0.1, -0.05) is 12.8 Å². The molecule has 208 valence electrons. The second-order valence-electron chi connectivity index (χ2n) is 11.9. The molecule has 0 aromatic heterocycles. The van der Waals surface area contributed by atoms with Crippen LogP contribution in [-0.4, -0.2) is 65.4 Å². The minimum Gasteiger partial charge on any atom is -0.356 e. The zero-order chi connectivity index (χ0) is 27.2. The number of piperidine rings is 1. The van der Waals surface area contributed by atoms with Gasteiger partial charge in [-0.05, 0) is 75.0 Å². The van der Waals surface area contributed by atoms with Crippen molar-refractivity contribution in [3.63, 3.8) is 0 Å². The van der Waals surface area contributed by atoms with Crippen LogP contribution in [0.15, 0.2) is 0 Å². The molecular formula is C26H34F3N5O4. The van der Waals surface area contributed by atoms with E-state index in [0.717, 1.165) is 25.7 Å². The van der Waals surface area contributed by atoms with Crippen molar-refractivity contribution in [1.82, 2.24) is 20.9 Å². The van der Waals surface area contributed by atoms with E-state index in [4.69, 9.17) is 0 Å². The molecular weight excluding hydrogens is 503 g/mol. The van der Waals surface area contributed by atoms with Gasteiger partial charge in [0, 0.05) is 18.5 Å². The first-order valence-electron chi connectivity index (χ1n) is 13.7. The van der Waals surface area contributed by atoms with E-state index in [9.17, 15) is 37.6 Å². The lowest BCUT2D eigenvalue weighted by atomic mass is 9.58. The van der Waals surface area contributed by atoms with Gasteiger partial charge in [0.05, 0.1) is 6.07 Å². The second-order valence-corrected chi connectivity index (χ2v) is 11.9. The van der Waals surface area contributed by atoms with E-state index in [1.54, 1.807) is 0 Å². The van der Waals surface area contributed by atoms with Gasteiger partial charge in [0.15, 0.2) is 0 Å². The van der Waals surface area contributed by atoms with Crippen molar-refractivity contribution < 1.29 is 32.3 Å². The van der Waals surface area contributed by atoms with Crippen LogP contribution in [0.3, 0.4) is 0 Å². The Labute approximate surface area is 219 Å². The van der Waals surface area contributed by atoms with E-state index in [2.05, 4.69) is 10.6 Å². The zero-order valence-electron chi connectivity index (χ0n) is 21.2. The highest BCUT2D eigenvalue weighted by Gasteiger charge is 2.57. The molecule has 2 aliphatic heterocycles. The third kappa shape index (κ3) is 4.96. The Morgan fingerprint density at radius 2 is 1.84 bits per heavy atom. The first-order valence-corrected chi connectivity index (χ1v) is 13.7. The van der Waals surface area contributed by atoms with Crippen LogP contribution >= 0.6 is 0 Å². The number of hydrogen-bond acceptors (Lipinski definition) is 5. The fourth-order valence-electron chi connectivity index (χ4n) is 7.78. The summed E-state index contributed by atoms with van der Waals surface area (Å²) in [6.45, 7) is 0.512. The SMILES string of the molecule is N#C[C@H](C[C@@H]1CCNC1=O)NC(=O)[C@@H]1[C@H]2CC[C@H](C2)N1C(=O)[C@@H](NC(=O)C(F)(F)F)C1CC2(CCCC2)C1. The van der Waals surface area contributed by atoms with Gasteiger partial charge in [-0.15, -0.1) is 0 Å². The molecule has 12 heteroatoms. The molecule has 9 nitrogen and oxygen atoms in total. The molecule has 5 aliphatic rings. The Morgan fingerprint density at radius 1 is 1.13 bits per heavy atom. The zero-order valence-corrected chi connectivity index (χ0v) is 21.2. The molecule has 0 aromatic rings. The lowest BCUT2D eigenvalue weighted by Gasteiger charge is -2.49. The van der Waals surface area contributed by atoms with E-state index in [1.165, 1.54) is 4.90 Å². The monoisotopic (exact) mass is 537 g/mol. The van der Waals surface area contributed by atoms with Gasteiger partial charge in [-0.25, -0.2) is 0 Å². The molecule has 0 unspecified atom stereocenters. The number of nitrogens with one attached hydrogen (secondary N) is 3. The maximum atomic E-state index is 13.9. The summed E-state index contributed by atoms with van der Waals surface area (Å²) < 4.78 is 39.6. The van der Waals surface area contributed by atoms with Crippen LogP contribution in [0.5, 0.6) is 0 Å². The number of alkyl halides is 3. The van der Waals surface area contributed by atoms with E-state index >= 15 is 0 Å². The smallest absolute Gasteiger partial charge is 0.356 e. The lowest BCUT2D eigenvalue weighted by Crippen LogP contribution is -2.63. The van der Waals surface area contributed by atoms with E-state index in [0.29, 0.717) is 45.1 Å². The molecule has 5 rings (SSSR count). The molecule has 4 amide bonds. The quantitative estimate of drug-likeness (QED) is 0.457. The molecule has 0 aromatic carbocycles. The molecule has 2 saturated heterocycles. The number of carbonyl (C=O) groups is 4. The Balaban J connectivity index is 1.32. The fourth-order valence-corrected chi connectivity index (χ4v) is 7.78. The Bertz CT molecular complexity index is 1030. The lowest BCUT2D eigenvalue weighted by molar-refractivity contribution is -0.177. The number of likely N-dealkylation sites (tertiary alicyclic amines) is 1. The number of hydrogen-bond donors (Lipinski definition) is 3. The van der Waals surface area contributed by atoms with Gasteiger partial charge in [0.1, 0.15) is 18.1 Å². The summed E-state index contributed by atoms with van der Waals surface area (Å²) in [5.74, 6) is -4.45. The van der Waals surface area contributed by atoms with Crippen molar-refractivity contribution in [2.24, 2.45) is 23.2 Å². The minimum absolute atomic E-state index is 0.0412. The van der Waals surface area contributed by atoms with E-state index in [1.807, 2.05) is 11.4 Å². The van der Waals surface area contributed by atoms with Gasteiger partial charge in [0.2, 0.25) is 17.7 Å². The normalized spacial score (nSPS) is 31.4. The Kier molecular flexibility index (Phi) is 7.07. The largest absolute Gasteiger partial charge is 0.471 e. The number of nitrogens with zero attached hydrogens (tertiary/aromatic N) is 2. The number of rotatable bonds is 7. The van der Waals surface area contributed by atoms with Gasteiger partial charge < -0.3 is 20.9 Å². The average Bonchev–Trinajstić information content (AvgIpc) is 3.64. The highest BCUT2D eigenvalue weighted by Crippen LogP contribution is 2.57. The van der Waals surface area contributed by atoms with Gasteiger partial charge in [0.25, 0.3) is 0 Å². The summed E-state index contributed by atoms with van der Waals surface area (Å²) >= 11 is 0. The minimum atomic E-state index is -5.12. The first-order chi connectivity index (χ1) is 18.0. The molecule has 3 saturated carbocycles. The number of halogens is 3. The van der Waals surface area contributed by atoms with E-state index < -0.39 is 47.9 Å². The average molecular weight is 538 g/mol. The number of carbonyl (C=O) groups excluding carboxylic acids is 4. The summed E-state index contributed by atoms with van der Waals surface area (Å²) in [7, 11) is 0. The van der Waals surface area contributed by atoms with Crippen LogP contribution in [0, 0.1) is 34.5 Å². The van der Waals surface area contributed by atoms with Gasteiger partial charge in [-0.3, -0.25) is 19.2 Å². The predicted molar refractivity (Wildman–Crippen MR) is 127 cm³/mol. The number of fused-ring (bicyclic) bond motifs is 2. The van der Waals surface area contributed by atoms with Crippen LogP contribution in [0.1, 0.15) is 70.6 Å². The summed E-state index contributed by atoms with van der Waals surface area (Å²) in [5.41, 5.74) is 0.0412. The maximum absolute atomic E-state index is 13.9. The van der Waals surface area contributed by atoms with Gasteiger partial charge in [-0.2, -0.15) is 18.4 Å². The third-order valence-electron chi connectivity index (χ3n) is 9.60. The van der Waals surface area contributed by atoms with Crippen LogP contribution in [0.2, 0.25) is 0 Å². The molecule has 3 N–H and O–H groups in total. The predicted octanol–water partition coefficient (Wildman–Crippen LogP) is 1.92. The number of nitriles is 1. The third-order valence-corrected chi connectivity index (χ3v) is 9.60. The molecule has 38 heavy (non-hydrogen) atoms. The summed E-state index contributed by atoms with van der Waals surface area (Å²) in [5, 5.41) is 17.0. The van der Waals surface area contributed by atoms with E-state index in [-0.39, 0.29) is 35.6 Å². The molecule has 2 heterocycles. The Morgan fingerprint density at radius 3 is 2.45 bits per heavy atom. The van der Waals surface area contributed by atoms with Crippen LogP contribution in [0.4, 0.5) is 13.2 Å². The van der Waals surface area contributed by atoms with Gasteiger partial charge >= 0.3 is 12.1 Å². The molecule has 5 fully saturated rings. The summed E-state index contributed by atoms with van der Waals surface area (Å²) in [6, 6.07) is -1.47. The van der Waals surface area contributed by atoms with Crippen LogP contribution in [-0.2, 0) is 19.2 Å². The molecule has 1 spiro atoms. The maximum Gasteiger partial charge on any atom is 0.471 e. The van der Waals surface area contributed by atoms with Crippen molar-refractivity contribution in [2.75, 3.05) is 6.54 Å². The van der Waals surface area contributed by atoms with Crippen molar-refractivity contribution in [3.05, 3.63) is 0 Å². The summed E-state index contributed by atoms with van der Waals surface area (Å²) in [6.07, 6.45) is 2.72. The molecule has 6 atom stereocenters. The highest BCUT2D eigenvalue weighted by molar-refractivity contribution is 5.94. The standard InChI is InChI=1S/C26H34F3N5O4/c27-26(28,29)24(38)33-19(16-11-25(12-16)6-1-2-7-25)23(37)34-18-4-3-14(10-18)20(34)22(36)32-17(13-30)9-15-5-8-31-21(15)35/h14-20H,1-12H2,(H,31,35)(H,32,36)(H,33,38)/t14-,15-,17-,18+,19-,20-/m0/s1. The molecule has 3 aliphatic carbocycles. The second kappa shape index (κ2) is 10.0. The van der Waals surface area contributed by atoms with Crippen LogP contribution in [0.25, 0.3) is 0 Å². The molecule has 2 bridgehead atoms. The fraction of sp³-hybridized carbons (Fsp3) is 0.808. The molecule has 0 radical (unpaired) electrons. The van der Waals surface area contributed by atoms with Crippen LogP contribution < -0.4 is 16.0 Å². The van der Waals surface area contributed by atoms with Crippen molar-refractivity contribution in [3.8, 4) is 6.07 Å².